The number of nitrogens with zero attached hydrogens (tertiary/aromatic N) is 1. The van der Waals surface area contributed by atoms with Crippen molar-refractivity contribution in [3.05, 3.63) is 53.3 Å². The Balaban J connectivity index is 1.75. The number of nitriles is 1. The lowest BCUT2D eigenvalue weighted by Crippen LogP contribution is -2.33. The van der Waals surface area contributed by atoms with Gasteiger partial charge >= 0.3 is 0 Å². The summed E-state index contributed by atoms with van der Waals surface area (Å²) in [6.07, 6.45) is 5.61. The molecule has 0 bridgehead atoms. The van der Waals surface area contributed by atoms with Crippen molar-refractivity contribution in [3.8, 4) is 17.4 Å². The fraction of sp³-hybridized carbons (Fsp3) is 0.286. The lowest BCUT2D eigenvalue weighted by Gasteiger charge is -2.10. The van der Waals surface area contributed by atoms with Gasteiger partial charge in [0.25, 0.3) is 5.91 Å². The molecule has 2 aromatic rings. The van der Waals surface area contributed by atoms with Gasteiger partial charge in [-0.3, -0.25) is 9.59 Å². The van der Waals surface area contributed by atoms with Gasteiger partial charge in [0.2, 0.25) is 0 Å². The first kappa shape index (κ1) is 17.7. The molecule has 132 valence electrons. The molecule has 3 rings (SSSR count). The fourth-order valence-corrected chi connectivity index (χ4v) is 3.08. The zero-order valence-electron chi connectivity index (χ0n) is 14.6. The molecule has 1 N–H and O–H groups in total. The number of nitrogens with one attached hydrogen (secondary N) is 1. The van der Waals surface area contributed by atoms with E-state index >= 15 is 0 Å². The van der Waals surface area contributed by atoms with Gasteiger partial charge in [0.1, 0.15) is 23.2 Å². The third-order valence-corrected chi connectivity index (χ3v) is 4.54. The monoisotopic (exact) mass is 348 g/mol. The van der Waals surface area contributed by atoms with Gasteiger partial charge < -0.3 is 9.73 Å². The van der Waals surface area contributed by atoms with Gasteiger partial charge in [-0.2, -0.15) is 5.26 Å². The molecule has 26 heavy (non-hydrogen) atoms. The molecule has 0 atom stereocenters. The fourth-order valence-electron chi connectivity index (χ4n) is 3.08. The Bertz CT molecular complexity index is 879. The van der Waals surface area contributed by atoms with Gasteiger partial charge in [-0.05, 0) is 31.9 Å². The van der Waals surface area contributed by atoms with Crippen LogP contribution in [0.25, 0.3) is 17.4 Å². The van der Waals surface area contributed by atoms with E-state index < -0.39 is 0 Å². The van der Waals surface area contributed by atoms with Crippen LogP contribution in [0.4, 0.5) is 0 Å². The number of carbonyl (C=O) groups is 2. The van der Waals surface area contributed by atoms with Crippen molar-refractivity contribution < 1.29 is 14.0 Å². The number of hydrogen-bond acceptors (Lipinski definition) is 4. The van der Waals surface area contributed by atoms with Gasteiger partial charge in [-0.25, -0.2) is 0 Å². The maximum Gasteiger partial charge on any atom is 0.262 e. The van der Waals surface area contributed by atoms with Crippen molar-refractivity contribution in [1.29, 1.82) is 5.26 Å². The number of rotatable bonds is 5. The van der Waals surface area contributed by atoms with E-state index in [0.717, 1.165) is 31.2 Å². The quantitative estimate of drug-likeness (QED) is 0.500. The molecule has 5 nitrogen and oxygen atoms in total. The molecule has 0 aliphatic heterocycles. The van der Waals surface area contributed by atoms with Gasteiger partial charge in [0, 0.05) is 23.2 Å². The predicted octanol–water partition coefficient (Wildman–Crippen LogP) is 4.11. The van der Waals surface area contributed by atoms with Crippen LogP contribution >= 0.6 is 0 Å². The van der Waals surface area contributed by atoms with Crippen LogP contribution < -0.4 is 5.32 Å². The van der Waals surface area contributed by atoms with Crippen LogP contribution in [0.15, 0.2) is 46.4 Å². The van der Waals surface area contributed by atoms with Crippen LogP contribution in [-0.2, 0) is 4.79 Å². The Morgan fingerprint density at radius 3 is 2.46 bits per heavy atom. The topological polar surface area (TPSA) is 83.1 Å². The highest BCUT2D eigenvalue weighted by Crippen LogP contribution is 2.24. The number of benzene rings is 1. The molecule has 1 heterocycles. The number of hydrogen-bond donors (Lipinski definition) is 1. The lowest BCUT2D eigenvalue weighted by molar-refractivity contribution is -0.117. The maximum atomic E-state index is 12.2. The SMILES string of the molecule is CC(=O)c1ccc(-c2ccc(/C=C(/C#N)C(=O)NC3CCCC3)o2)cc1. The van der Waals surface area contributed by atoms with Crippen molar-refractivity contribution in [1.82, 2.24) is 5.32 Å². The minimum Gasteiger partial charge on any atom is -0.457 e. The van der Waals surface area contributed by atoms with Crippen molar-refractivity contribution in [3.63, 3.8) is 0 Å². The van der Waals surface area contributed by atoms with Gasteiger partial charge in [0.15, 0.2) is 5.78 Å². The third-order valence-electron chi connectivity index (χ3n) is 4.54. The molecule has 5 heteroatoms. The molecular weight excluding hydrogens is 328 g/mol. The lowest BCUT2D eigenvalue weighted by atomic mass is 10.1. The van der Waals surface area contributed by atoms with Crippen LogP contribution in [0.3, 0.4) is 0 Å². The molecule has 1 aliphatic rings. The highest BCUT2D eigenvalue weighted by atomic mass is 16.3. The maximum absolute atomic E-state index is 12.2. The zero-order valence-corrected chi connectivity index (χ0v) is 14.6. The smallest absolute Gasteiger partial charge is 0.262 e. The third kappa shape index (κ3) is 4.09. The molecule has 0 radical (unpaired) electrons. The predicted molar refractivity (Wildman–Crippen MR) is 98.1 cm³/mol. The second kappa shape index (κ2) is 7.83. The number of ketones is 1. The summed E-state index contributed by atoms with van der Waals surface area (Å²) in [7, 11) is 0. The second-order valence-corrected chi connectivity index (χ2v) is 6.46. The molecule has 1 amide bonds. The number of Topliss-reactive ketones (excluding diaryl/α,β-unsaturated/α-hetero) is 1. The van der Waals surface area contributed by atoms with E-state index in [2.05, 4.69) is 5.32 Å². The molecule has 1 saturated carbocycles. The van der Waals surface area contributed by atoms with Gasteiger partial charge in [-0.1, -0.05) is 37.1 Å². The highest BCUT2D eigenvalue weighted by molar-refractivity contribution is 6.01. The first-order valence-corrected chi connectivity index (χ1v) is 8.70. The van der Waals surface area contributed by atoms with E-state index in [0.29, 0.717) is 17.1 Å². The van der Waals surface area contributed by atoms with Crippen molar-refractivity contribution in [2.45, 2.75) is 38.6 Å². The van der Waals surface area contributed by atoms with Gasteiger partial charge in [-0.15, -0.1) is 0 Å². The summed E-state index contributed by atoms with van der Waals surface area (Å²) >= 11 is 0. The van der Waals surface area contributed by atoms with Crippen molar-refractivity contribution >= 4 is 17.8 Å². The minimum atomic E-state index is -0.358. The summed E-state index contributed by atoms with van der Waals surface area (Å²) in [4.78, 5) is 23.6. The summed E-state index contributed by atoms with van der Waals surface area (Å²) in [5, 5.41) is 12.2. The standard InChI is InChI=1S/C21H20N2O3/c1-14(24)15-6-8-16(9-7-15)20-11-10-19(26-20)12-17(13-22)21(25)23-18-4-2-3-5-18/h6-12,18H,2-5H2,1H3,(H,23,25)/b17-12-. The van der Waals surface area contributed by atoms with Crippen LogP contribution in [0, 0.1) is 11.3 Å². The van der Waals surface area contributed by atoms with Gasteiger partial charge in [0.05, 0.1) is 0 Å². The summed E-state index contributed by atoms with van der Waals surface area (Å²) in [5.74, 6) is 0.698. The Kier molecular flexibility index (Phi) is 5.33. The normalized spacial score (nSPS) is 14.8. The molecule has 0 saturated heterocycles. The van der Waals surface area contributed by atoms with Crippen LogP contribution in [0.1, 0.15) is 48.7 Å². The Labute approximate surface area is 152 Å². The van der Waals surface area contributed by atoms with E-state index in [1.807, 2.05) is 6.07 Å². The van der Waals surface area contributed by atoms with E-state index in [4.69, 9.17) is 4.42 Å². The number of furan rings is 1. The number of carbonyl (C=O) groups excluding carboxylic acids is 2. The van der Waals surface area contributed by atoms with Crippen molar-refractivity contribution in [2.75, 3.05) is 0 Å². The van der Waals surface area contributed by atoms with E-state index in [-0.39, 0.29) is 23.3 Å². The highest BCUT2D eigenvalue weighted by Gasteiger charge is 2.19. The second-order valence-electron chi connectivity index (χ2n) is 6.46. The largest absolute Gasteiger partial charge is 0.457 e. The summed E-state index contributed by atoms with van der Waals surface area (Å²) in [5.41, 5.74) is 1.49. The molecule has 1 aromatic heterocycles. The molecule has 1 aliphatic carbocycles. The van der Waals surface area contributed by atoms with E-state index in [9.17, 15) is 14.9 Å². The first-order valence-electron chi connectivity index (χ1n) is 8.70. The summed E-state index contributed by atoms with van der Waals surface area (Å²) < 4.78 is 5.73. The summed E-state index contributed by atoms with van der Waals surface area (Å²) in [6, 6.07) is 12.7. The molecule has 1 fully saturated rings. The Hall–Kier alpha value is -3.13. The molecular formula is C21H20N2O3. The average Bonchev–Trinajstić information content (AvgIpc) is 3.31. The van der Waals surface area contributed by atoms with Crippen LogP contribution in [0.5, 0.6) is 0 Å². The Morgan fingerprint density at radius 1 is 1.15 bits per heavy atom. The van der Waals surface area contributed by atoms with Crippen LogP contribution in [-0.4, -0.2) is 17.7 Å². The Morgan fingerprint density at radius 2 is 1.85 bits per heavy atom. The average molecular weight is 348 g/mol. The van der Waals surface area contributed by atoms with Crippen molar-refractivity contribution in [2.24, 2.45) is 0 Å². The molecule has 1 aromatic carbocycles. The minimum absolute atomic E-state index is 0.00607. The van der Waals surface area contributed by atoms with E-state index in [1.165, 1.54) is 13.0 Å². The molecule has 0 spiro atoms. The van der Waals surface area contributed by atoms with E-state index in [1.54, 1.807) is 36.4 Å². The zero-order chi connectivity index (χ0) is 18.5. The molecule has 0 unspecified atom stereocenters. The number of amides is 1. The summed E-state index contributed by atoms with van der Waals surface area (Å²) in [6.45, 7) is 1.52. The first-order chi connectivity index (χ1) is 12.6. The van der Waals surface area contributed by atoms with Crippen LogP contribution in [0.2, 0.25) is 0 Å².